The summed E-state index contributed by atoms with van der Waals surface area (Å²) in [6.07, 6.45) is 0. The predicted molar refractivity (Wildman–Crippen MR) is 83.0 cm³/mol. The van der Waals surface area contributed by atoms with Crippen LogP contribution in [0.1, 0.15) is 19.4 Å². The van der Waals surface area contributed by atoms with E-state index in [0.717, 1.165) is 5.56 Å². The fraction of sp³-hybridized carbons (Fsp3) is 0.571. The molecule has 1 aromatic rings. The molecule has 0 atom stereocenters. The lowest BCUT2D eigenvalue weighted by Crippen LogP contribution is -2.55. The van der Waals surface area contributed by atoms with Gasteiger partial charge in [0.1, 0.15) is 0 Å². The van der Waals surface area contributed by atoms with Crippen molar-refractivity contribution in [2.24, 2.45) is 0 Å². The smallest absolute Gasteiger partial charge is 0.243 e. The number of hydrogen-bond acceptors (Lipinski definition) is 4. The summed E-state index contributed by atoms with van der Waals surface area (Å²) in [6.45, 7) is 5.47. The van der Waals surface area contributed by atoms with Gasteiger partial charge in [0.15, 0.2) is 0 Å². The Bertz CT molecular complexity index is 617. The average molecular weight is 333 g/mol. The Kier molecular flexibility index (Phi) is 4.95. The minimum Gasteiger partial charge on any atom is -0.378 e. The topological polar surface area (TPSA) is 58.6 Å². The molecule has 1 N–H and O–H groups in total. The van der Waals surface area contributed by atoms with Gasteiger partial charge in [0.2, 0.25) is 10.0 Å². The molecule has 0 saturated carbocycles. The summed E-state index contributed by atoms with van der Waals surface area (Å²) < 4.78 is 32.5. The summed E-state index contributed by atoms with van der Waals surface area (Å²) in [4.78, 5) is 0.224. The maximum Gasteiger partial charge on any atom is 0.243 e. The molecule has 118 valence electrons. The Morgan fingerprint density at radius 2 is 2.14 bits per heavy atom. The zero-order chi connectivity index (χ0) is 15.7. The second-order valence-electron chi connectivity index (χ2n) is 5.73. The zero-order valence-corrected chi connectivity index (χ0v) is 14.1. The standard InChI is InChI=1S/C14H21ClN2O3S/c1-14(2)10-20-7-6-17(14)21(18,19)12-5-4-11(9-16-3)13(15)8-12/h4-5,8,16H,6-7,9-10H2,1-3H3. The molecule has 1 aliphatic heterocycles. The van der Waals surface area contributed by atoms with Crippen LogP contribution in [-0.2, 0) is 21.3 Å². The van der Waals surface area contributed by atoms with E-state index in [1.54, 1.807) is 12.1 Å². The SMILES string of the molecule is CNCc1ccc(S(=O)(=O)N2CCOCC2(C)C)cc1Cl. The molecule has 5 nitrogen and oxygen atoms in total. The number of halogens is 1. The lowest BCUT2D eigenvalue weighted by Gasteiger charge is -2.40. The number of rotatable bonds is 4. The molecule has 0 amide bonds. The highest BCUT2D eigenvalue weighted by molar-refractivity contribution is 7.89. The maximum atomic E-state index is 12.8. The molecule has 0 unspecified atom stereocenters. The van der Waals surface area contributed by atoms with Gasteiger partial charge in [-0.3, -0.25) is 0 Å². The molecule has 0 spiro atoms. The van der Waals surface area contributed by atoms with Crippen LogP contribution in [0, 0.1) is 0 Å². The van der Waals surface area contributed by atoms with Crippen molar-refractivity contribution in [3.05, 3.63) is 28.8 Å². The lowest BCUT2D eigenvalue weighted by atomic mass is 10.1. The normalized spacial score (nSPS) is 19.6. The van der Waals surface area contributed by atoms with Crippen molar-refractivity contribution in [2.45, 2.75) is 30.8 Å². The number of nitrogens with zero attached hydrogens (tertiary/aromatic N) is 1. The number of nitrogens with one attached hydrogen (secondary N) is 1. The van der Waals surface area contributed by atoms with Crippen LogP contribution in [-0.4, -0.2) is 45.1 Å². The van der Waals surface area contributed by atoms with Crippen LogP contribution in [0.2, 0.25) is 5.02 Å². The van der Waals surface area contributed by atoms with E-state index in [-0.39, 0.29) is 4.90 Å². The Hall–Kier alpha value is -0.660. The number of sulfonamides is 1. The van der Waals surface area contributed by atoms with E-state index in [4.69, 9.17) is 16.3 Å². The Morgan fingerprint density at radius 3 is 2.71 bits per heavy atom. The second kappa shape index (κ2) is 6.22. The molecule has 1 heterocycles. The summed E-state index contributed by atoms with van der Waals surface area (Å²) in [6, 6.07) is 4.88. The van der Waals surface area contributed by atoms with Crippen LogP contribution in [0.4, 0.5) is 0 Å². The van der Waals surface area contributed by atoms with Crippen LogP contribution in [0.5, 0.6) is 0 Å². The van der Waals surface area contributed by atoms with Gasteiger partial charge in [-0.05, 0) is 38.6 Å². The summed E-state index contributed by atoms with van der Waals surface area (Å²) >= 11 is 6.18. The van der Waals surface area contributed by atoms with Crippen molar-refractivity contribution < 1.29 is 13.2 Å². The van der Waals surface area contributed by atoms with Crippen LogP contribution in [0.15, 0.2) is 23.1 Å². The van der Waals surface area contributed by atoms with E-state index in [1.807, 2.05) is 20.9 Å². The average Bonchev–Trinajstić information content (AvgIpc) is 2.40. The van der Waals surface area contributed by atoms with Gasteiger partial charge < -0.3 is 10.1 Å². The maximum absolute atomic E-state index is 12.8. The summed E-state index contributed by atoms with van der Waals surface area (Å²) in [5, 5.41) is 3.45. The fourth-order valence-electron chi connectivity index (χ4n) is 2.44. The molecular formula is C14H21ClN2O3S. The molecule has 1 aliphatic rings. The van der Waals surface area contributed by atoms with Crippen molar-refractivity contribution in [1.29, 1.82) is 0 Å². The third kappa shape index (κ3) is 3.40. The third-order valence-corrected chi connectivity index (χ3v) is 6.01. The van der Waals surface area contributed by atoms with E-state index in [1.165, 1.54) is 10.4 Å². The van der Waals surface area contributed by atoms with Gasteiger partial charge in [-0.1, -0.05) is 17.7 Å². The first-order chi connectivity index (χ1) is 9.79. The molecule has 21 heavy (non-hydrogen) atoms. The van der Waals surface area contributed by atoms with Gasteiger partial charge in [-0.25, -0.2) is 8.42 Å². The monoisotopic (exact) mass is 332 g/mol. The van der Waals surface area contributed by atoms with Crippen molar-refractivity contribution in [1.82, 2.24) is 9.62 Å². The van der Waals surface area contributed by atoms with Crippen molar-refractivity contribution >= 4 is 21.6 Å². The molecule has 2 rings (SSSR count). The molecular weight excluding hydrogens is 312 g/mol. The largest absolute Gasteiger partial charge is 0.378 e. The van der Waals surface area contributed by atoms with Gasteiger partial charge in [-0.2, -0.15) is 4.31 Å². The van der Waals surface area contributed by atoms with Gasteiger partial charge in [0, 0.05) is 18.1 Å². The van der Waals surface area contributed by atoms with Gasteiger partial charge in [0.05, 0.1) is 23.6 Å². The molecule has 0 aromatic heterocycles. The van der Waals surface area contributed by atoms with Crippen LogP contribution >= 0.6 is 11.6 Å². The highest BCUT2D eigenvalue weighted by Gasteiger charge is 2.39. The summed E-state index contributed by atoms with van der Waals surface area (Å²) in [5.41, 5.74) is 0.312. The Balaban J connectivity index is 2.37. The molecule has 7 heteroatoms. The molecule has 0 aliphatic carbocycles. The number of morpholine rings is 1. The number of ether oxygens (including phenoxy) is 1. The third-order valence-electron chi connectivity index (χ3n) is 3.55. The Morgan fingerprint density at radius 1 is 1.43 bits per heavy atom. The highest BCUT2D eigenvalue weighted by atomic mass is 35.5. The van der Waals surface area contributed by atoms with E-state index in [9.17, 15) is 8.42 Å². The first-order valence-electron chi connectivity index (χ1n) is 6.82. The zero-order valence-electron chi connectivity index (χ0n) is 12.5. The van der Waals surface area contributed by atoms with Gasteiger partial charge in [0.25, 0.3) is 0 Å². The van der Waals surface area contributed by atoms with E-state index in [2.05, 4.69) is 5.32 Å². The molecule has 1 aromatic carbocycles. The van der Waals surface area contributed by atoms with Crippen molar-refractivity contribution in [2.75, 3.05) is 26.8 Å². The first-order valence-corrected chi connectivity index (χ1v) is 8.64. The first kappa shape index (κ1) is 16.7. The number of hydrogen-bond donors (Lipinski definition) is 1. The summed E-state index contributed by atoms with van der Waals surface area (Å²) in [7, 11) is -1.76. The minimum atomic E-state index is -3.58. The minimum absolute atomic E-state index is 0.224. The quantitative estimate of drug-likeness (QED) is 0.914. The van der Waals surface area contributed by atoms with Crippen molar-refractivity contribution in [3.8, 4) is 0 Å². The molecule has 0 bridgehead atoms. The summed E-state index contributed by atoms with van der Waals surface area (Å²) in [5.74, 6) is 0. The van der Waals surface area contributed by atoms with Crippen LogP contribution in [0.3, 0.4) is 0 Å². The fourth-order valence-corrected chi connectivity index (χ4v) is 4.53. The van der Waals surface area contributed by atoms with Crippen molar-refractivity contribution in [3.63, 3.8) is 0 Å². The van der Waals surface area contributed by atoms with E-state index in [0.29, 0.717) is 31.3 Å². The number of benzene rings is 1. The second-order valence-corrected chi connectivity index (χ2v) is 8.00. The molecule has 0 radical (unpaired) electrons. The highest BCUT2D eigenvalue weighted by Crippen LogP contribution is 2.29. The van der Waals surface area contributed by atoms with Gasteiger partial charge >= 0.3 is 0 Å². The van der Waals surface area contributed by atoms with E-state index < -0.39 is 15.6 Å². The van der Waals surface area contributed by atoms with Crippen LogP contribution in [0.25, 0.3) is 0 Å². The molecule has 1 saturated heterocycles. The molecule has 1 fully saturated rings. The van der Waals surface area contributed by atoms with E-state index >= 15 is 0 Å². The predicted octanol–water partition coefficient (Wildman–Crippen LogP) is 1.86. The lowest BCUT2D eigenvalue weighted by molar-refractivity contribution is -0.00770. The Labute approximate surface area is 131 Å². The van der Waals surface area contributed by atoms with Crippen LogP contribution < -0.4 is 5.32 Å². The van der Waals surface area contributed by atoms with Gasteiger partial charge in [-0.15, -0.1) is 0 Å².